The molecule has 0 aromatic heterocycles. The van der Waals surface area contributed by atoms with Crippen molar-refractivity contribution in [2.45, 2.75) is 31.8 Å². The van der Waals surface area contributed by atoms with Crippen LogP contribution in [0.4, 0.5) is 0 Å². The molecule has 0 unspecified atom stereocenters. The monoisotopic (exact) mass is 222 g/mol. The van der Waals surface area contributed by atoms with Gasteiger partial charge in [-0.3, -0.25) is 9.59 Å². The number of hydrogen-bond donors (Lipinski definition) is 1. The summed E-state index contributed by atoms with van der Waals surface area (Å²) in [6.07, 6.45) is 5.38. The molecule has 1 saturated carbocycles. The molecule has 1 saturated heterocycles. The van der Waals surface area contributed by atoms with Crippen molar-refractivity contribution in [1.29, 1.82) is 0 Å². The highest BCUT2D eigenvalue weighted by atomic mass is 16.6. The van der Waals surface area contributed by atoms with E-state index in [9.17, 15) is 9.59 Å². The van der Waals surface area contributed by atoms with E-state index in [0.29, 0.717) is 6.42 Å². The second-order valence-corrected chi connectivity index (χ2v) is 4.88. The maximum Gasteiger partial charge on any atom is 0.310 e. The summed E-state index contributed by atoms with van der Waals surface area (Å²) in [6, 6.07) is 0. The van der Waals surface area contributed by atoms with Crippen LogP contribution in [-0.2, 0) is 14.3 Å². The summed E-state index contributed by atoms with van der Waals surface area (Å²) in [5.41, 5.74) is 1.25. The summed E-state index contributed by atoms with van der Waals surface area (Å²) in [5.74, 6) is -2.12. The predicted molar refractivity (Wildman–Crippen MR) is 54.5 cm³/mol. The van der Waals surface area contributed by atoms with Crippen molar-refractivity contribution in [3.8, 4) is 0 Å². The highest BCUT2D eigenvalue weighted by molar-refractivity contribution is 5.84. The molecule has 1 heterocycles. The minimum absolute atomic E-state index is 0.0519. The second-order valence-electron chi connectivity index (χ2n) is 4.88. The van der Waals surface area contributed by atoms with Gasteiger partial charge in [-0.05, 0) is 25.7 Å². The third kappa shape index (κ3) is 1.22. The fourth-order valence-corrected chi connectivity index (χ4v) is 3.39. The van der Waals surface area contributed by atoms with E-state index in [1.807, 2.05) is 6.08 Å². The molecule has 4 heteroatoms. The first kappa shape index (κ1) is 9.87. The Morgan fingerprint density at radius 3 is 3.00 bits per heavy atom. The largest absolute Gasteiger partial charge is 0.481 e. The highest BCUT2D eigenvalue weighted by Crippen LogP contribution is 2.48. The average Bonchev–Trinajstić information content (AvgIpc) is 2.59. The zero-order chi connectivity index (χ0) is 11.3. The third-order valence-corrected chi connectivity index (χ3v) is 4.09. The molecular weight excluding hydrogens is 208 g/mol. The van der Waals surface area contributed by atoms with Crippen LogP contribution in [0.5, 0.6) is 0 Å². The maximum atomic E-state index is 11.8. The van der Waals surface area contributed by atoms with E-state index < -0.39 is 17.8 Å². The van der Waals surface area contributed by atoms with Crippen LogP contribution in [0.15, 0.2) is 11.6 Å². The lowest BCUT2D eigenvalue weighted by Crippen LogP contribution is -2.37. The molecule has 1 N–H and O–H groups in total. The zero-order valence-electron chi connectivity index (χ0n) is 8.89. The van der Waals surface area contributed by atoms with Gasteiger partial charge in [-0.2, -0.15) is 0 Å². The van der Waals surface area contributed by atoms with Gasteiger partial charge in [-0.25, -0.2) is 0 Å². The smallest absolute Gasteiger partial charge is 0.310 e. The zero-order valence-corrected chi connectivity index (χ0v) is 8.89. The van der Waals surface area contributed by atoms with Crippen LogP contribution in [0.1, 0.15) is 25.7 Å². The summed E-state index contributed by atoms with van der Waals surface area (Å²) >= 11 is 0. The van der Waals surface area contributed by atoms with Crippen LogP contribution in [0.3, 0.4) is 0 Å². The Morgan fingerprint density at radius 2 is 2.25 bits per heavy atom. The van der Waals surface area contributed by atoms with Gasteiger partial charge in [0, 0.05) is 5.92 Å². The van der Waals surface area contributed by atoms with Crippen molar-refractivity contribution in [2.24, 2.45) is 17.8 Å². The molecule has 1 aliphatic heterocycles. The summed E-state index contributed by atoms with van der Waals surface area (Å²) in [4.78, 5) is 22.9. The Hall–Kier alpha value is -1.32. The number of hydrogen-bond acceptors (Lipinski definition) is 3. The number of esters is 1. The van der Waals surface area contributed by atoms with Crippen LogP contribution in [-0.4, -0.2) is 23.1 Å². The molecule has 0 radical (unpaired) electrons. The van der Waals surface area contributed by atoms with Gasteiger partial charge in [0.1, 0.15) is 6.10 Å². The quantitative estimate of drug-likeness (QED) is 0.537. The summed E-state index contributed by atoms with van der Waals surface area (Å²) in [5, 5.41) is 9.13. The predicted octanol–water partition coefficient (Wildman–Crippen LogP) is 1.36. The SMILES string of the molecule is O=C1O[C@@H]2CCCC3=CC[C@@H](C(=O)O)[C@@H]1[C@@H]32. The number of rotatable bonds is 1. The number of carboxylic acids is 1. The lowest BCUT2D eigenvalue weighted by Gasteiger charge is -2.34. The molecule has 0 bridgehead atoms. The Bertz CT molecular complexity index is 384. The first-order valence-electron chi connectivity index (χ1n) is 5.80. The van der Waals surface area contributed by atoms with Gasteiger partial charge < -0.3 is 9.84 Å². The highest BCUT2D eigenvalue weighted by Gasteiger charge is 2.54. The molecule has 0 aromatic rings. The van der Waals surface area contributed by atoms with Gasteiger partial charge in [0.15, 0.2) is 0 Å². The molecule has 0 aromatic carbocycles. The van der Waals surface area contributed by atoms with Crippen molar-refractivity contribution in [1.82, 2.24) is 0 Å². The van der Waals surface area contributed by atoms with Gasteiger partial charge in [0.2, 0.25) is 0 Å². The fraction of sp³-hybridized carbons (Fsp3) is 0.667. The van der Waals surface area contributed by atoms with Crippen molar-refractivity contribution < 1.29 is 19.4 Å². The van der Waals surface area contributed by atoms with Crippen LogP contribution >= 0.6 is 0 Å². The number of carbonyl (C=O) groups excluding carboxylic acids is 1. The van der Waals surface area contributed by atoms with Crippen LogP contribution in [0.2, 0.25) is 0 Å². The molecule has 86 valence electrons. The van der Waals surface area contributed by atoms with E-state index in [1.54, 1.807) is 0 Å². The molecule has 2 fully saturated rings. The fourth-order valence-electron chi connectivity index (χ4n) is 3.39. The lowest BCUT2D eigenvalue weighted by atomic mass is 9.67. The summed E-state index contributed by atoms with van der Waals surface area (Å²) in [7, 11) is 0. The van der Waals surface area contributed by atoms with Gasteiger partial charge in [-0.15, -0.1) is 0 Å². The Balaban J connectivity index is 2.00. The van der Waals surface area contributed by atoms with Crippen LogP contribution in [0.25, 0.3) is 0 Å². The summed E-state index contributed by atoms with van der Waals surface area (Å²) < 4.78 is 5.32. The summed E-state index contributed by atoms with van der Waals surface area (Å²) in [6.45, 7) is 0. The average molecular weight is 222 g/mol. The third-order valence-electron chi connectivity index (χ3n) is 4.09. The van der Waals surface area contributed by atoms with E-state index in [4.69, 9.17) is 9.84 Å². The van der Waals surface area contributed by atoms with Gasteiger partial charge in [-0.1, -0.05) is 11.6 Å². The lowest BCUT2D eigenvalue weighted by molar-refractivity contribution is -0.152. The van der Waals surface area contributed by atoms with Crippen molar-refractivity contribution in [2.75, 3.05) is 0 Å². The molecule has 3 aliphatic rings. The normalized spacial score (nSPS) is 41.0. The number of carbonyl (C=O) groups is 2. The van der Waals surface area contributed by atoms with Crippen LogP contribution in [0, 0.1) is 17.8 Å². The molecule has 0 spiro atoms. The van der Waals surface area contributed by atoms with E-state index in [0.717, 1.165) is 19.3 Å². The Morgan fingerprint density at radius 1 is 1.44 bits per heavy atom. The molecule has 2 aliphatic carbocycles. The number of ether oxygens (including phenoxy) is 1. The van der Waals surface area contributed by atoms with Gasteiger partial charge in [0.25, 0.3) is 0 Å². The number of aliphatic carboxylic acids is 1. The standard InChI is InChI=1S/C12H14O4/c13-11(14)7-5-4-6-2-1-3-8-9(6)10(7)12(15)16-8/h4,7-10H,1-3,5H2,(H,13,14)/t7-,8-,9+,10-/m1/s1. The Labute approximate surface area is 93.3 Å². The van der Waals surface area contributed by atoms with E-state index >= 15 is 0 Å². The minimum Gasteiger partial charge on any atom is -0.481 e. The van der Waals surface area contributed by atoms with Gasteiger partial charge >= 0.3 is 11.9 Å². The molecule has 4 atom stereocenters. The van der Waals surface area contributed by atoms with E-state index in [-0.39, 0.29) is 18.0 Å². The molecule has 3 rings (SSSR count). The van der Waals surface area contributed by atoms with Crippen molar-refractivity contribution in [3.05, 3.63) is 11.6 Å². The van der Waals surface area contributed by atoms with Crippen molar-refractivity contribution >= 4 is 11.9 Å². The minimum atomic E-state index is -0.872. The molecule has 0 amide bonds. The number of allylic oxidation sites excluding steroid dienone is 1. The van der Waals surface area contributed by atoms with Crippen LogP contribution < -0.4 is 0 Å². The van der Waals surface area contributed by atoms with E-state index in [1.165, 1.54) is 5.57 Å². The maximum absolute atomic E-state index is 11.8. The van der Waals surface area contributed by atoms with E-state index in [2.05, 4.69) is 0 Å². The molecule has 4 nitrogen and oxygen atoms in total. The van der Waals surface area contributed by atoms with Crippen molar-refractivity contribution in [3.63, 3.8) is 0 Å². The topological polar surface area (TPSA) is 63.6 Å². The number of carboxylic acid groups (broad SMARTS) is 1. The molecule has 16 heavy (non-hydrogen) atoms. The first-order valence-corrected chi connectivity index (χ1v) is 5.80. The second kappa shape index (κ2) is 3.34. The molecular formula is C12H14O4. The first-order chi connectivity index (χ1) is 7.68. The Kier molecular flexibility index (Phi) is 2.06. The van der Waals surface area contributed by atoms with Gasteiger partial charge in [0.05, 0.1) is 11.8 Å².